The number of carbonyl (C=O) groups excluding carboxylic acids is 2. The van der Waals surface area contributed by atoms with E-state index in [4.69, 9.17) is 14.2 Å². The van der Waals surface area contributed by atoms with Crippen LogP contribution in [0.1, 0.15) is 57.6 Å². The van der Waals surface area contributed by atoms with Crippen molar-refractivity contribution in [3.63, 3.8) is 0 Å². The van der Waals surface area contributed by atoms with Gasteiger partial charge in [-0.15, -0.1) is 0 Å². The predicted octanol–water partition coefficient (Wildman–Crippen LogP) is 3.02. The van der Waals surface area contributed by atoms with Crippen LogP contribution in [-0.4, -0.2) is 54.2 Å². The highest BCUT2D eigenvalue weighted by atomic mass is 16.8. The summed E-state index contributed by atoms with van der Waals surface area (Å²) in [6.07, 6.45) is 3.61. The van der Waals surface area contributed by atoms with Crippen molar-refractivity contribution >= 4 is 23.2 Å². The van der Waals surface area contributed by atoms with Gasteiger partial charge in [0.2, 0.25) is 5.78 Å². The fourth-order valence-electron chi connectivity index (χ4n) is 5.37. The highest BCUT2D eigenvalue weighted by Gasteiger charge is 2.80. The van der Waals surface area contributed by atoms with Gasteiger partial charge in [-0.1, -0.05) is 30.3 Å². The average molecular weight is 450 g/mol. The van der Waals surface area contributed by atoms with Gasteiger partial charge in [0.15, 0.2) is 29.0 Å². The summed E-state index contributed by atoms with van der Waals surface area (Å²) in [5, 5.41) is 0. The van der Waals surface area contributed by atoms with Gasteiger partial charge in [0, 0.05) is 5.56 Å². The molecule has 4 atom stereocenters. The molecule has 0 bridgehead atoms. The zero-order valence-electron chi connectivity index (χ0n) is 19.4. The molecule has 3 aromatic rings. The normalized spacial score (nSPS) is 35.0. The van der Waals surface area contributed by atoms with Gasteiger partial charge < -0.3 is 19.0 Å². The number of hydrogen-bond acceptors (Lipinski definition) is 8. The zero-order chi connectivity index (χ0) is 23.9. The van der Waals surface area contributed by atoms with E-state index in [0.717, 1.165) is 6.29 Å². The molecule has 0 N–H and O–H groups in total. The number of imidazole rings is 1. The van der Waals surface area contributed by atoms with Crippen molar-refractivity contribution in [1.82, 2.24) is 19.5 Å². The number of ketones is 1. The van der Waals surface area contributed by atoms with Crippen molar-refractivity contribution < 1.29 is 23.8 Å². The Labute approximate surface area is 191 Å². The number of rotatable bonds is 4. The third kappa shape index (κ3) is 2.61. The van der Waals surface area contributed by atoms with Crippen molar-refractivity contribution in [2.45, 2.75) is 69.9 Å². The molecule has 0 amide bonds. The highest BCUT2D eigenvalue weighted by molar-refractivity contribution is 6.13. The third-order valence-corrected chi connectivity index (χ3v) is 7.32. The quantitative estimate of drug-likeness (QED) is 0.441. The molecule has 0 spiro atoms. The van der Waals surface area contributed by atoms with Crippen molar-refractivity contribution in [2.75, 3.05) is 0 Å². The lowest BCUT2D eigenvalue weighted by Gasteiger charge is -2.41. The molecule has 0 aliphatic carbocycles. The first kappa shape index (κ1) is 21.8. The monoisotopic (exact) mass is 450 g/mol. The summed E-state index contributed by atoms with van der Waals surface area (Å²) in [6, 6.07) is 8.87. The summed E-state index contributed by atoms with van der Waals surface area (Å²) in [7, 11) is 0. The van der Waals surface area contributed by atoms with Crippen LogP contribution in [0.15, 0.2) is 43.0 Å². The molecule has 2 saturated heterocycles. The van der Waals surface area contributed by atoms with Crippen molar-refractivity contribution in [2.24, 2.45) is 0 Å². The summed E-state index contributed by atoms with van der Waals surface area (Å²) in [5.74, 6) is -1.22. The van der Waals surface area contributed by atoms with Crippen LogP contribution in [0.25, 0.3) is 11.2 Å². The summed E-state index contributed by atoms with van der Waals surface area (Å²) < 4.78 is 20.9. The standard InChI is InChI=1S/C24H26N4O5/c1-20(2)31-22(4)21(3,12-29)33-24(6,23(22,5)32-20)28-14-27-17-16(25-13-26-19(17)28)18(30)15-10-8-7-9-11-15/h7-14H,1-6H3/t21-,22-,23-,24-/m1/s1. The van der Waals surface area contributed by atoms with Gasteiger partial charge in [0.05, 0.1) is 6.33 Å². The molecule has 5 rings (SSSR count). The number of benzene rings is 1. The molecule has 9 heteroatoms. The first-order valence-corrected chi connectivity index (χ1v) is 10.8. The topological polar surface area (TPSA) is 105 Å². The molecule has 2 aliphatic rings. The molecule has 172 valence electrons. The lowest BCUT2D eigenvalue weighted by molar-refractivity contribution is -0.263. The first-order chi connectivity index (χ1) is 15.4. The maximum Gasteiger partial charge on any atom is 0.213 e. The molecular weight excluding hydrogens is 424 g/mol. The van der Waals surface area contributed by atoms with E-state index >= 15 is 0 Å². The summed E-state index contributed by atoms with van der Waals surface area (Å²) in [6.45, 7) is 10.8. The van der Waals surface area contributed by atoms with E-state index in [-0.39, 0.29) is 11.5 Å². The van der Waals surface area contributed by atoms with Crippen LogP contribution in [0, 0.1) is 0 Å². The maximum atomic E-state index is 13.1. The molecular formula is C24H26N4O5. The summed E-state index contributed by atoms with van der Waals surface area (Å²) in [5.41, 5.74) is -3.40. The maximum absolute atomic E-state index is 13.1. The number of fused-ring (bicyclic) bond motifs is 2. The second kappa shape index (κ2) is 6.53. The van der Waals surface area contributed by atoms with E-state index in [0.29, 0.717) is 16.7 Å². The minimum atomic E-state index is -1.32. The van der Waals surface area contributed by atoms with Crippen molar-refractivity contribution in [3.05, 3.63) is 54.2 Å². The molecule has 0 unspecified atom stereocenters. The van der Waals surface area contributed by atoms with Crippen molar-refractivity contribution in [3.8, 4) is 0 Å². The number of ether oxygens (including phenoxy) is 3. The Hall–Kier alpha value is -3.01. The van der Waals surface area contributed by atoms with E-state index in [1.54, 1.807) is 49.6 Å². The minimum absolute atomic E-state index is 0.182. The van der Waals surface area contributed by atoms with Crippen molar-refractivity contribution in [1.29, 1.82) is 0 Å². The van der Waals surface area contributed by atoms with Crippen LogP contribution in [0.2, 0.25) is 0 Å². The molecule has 2 fully saturated rings. The third-order valence-electron chi connectivity index (χ3n) is 7.32. The fourth-order valence-corrected chi connectivity index (χ4v) is 5.37. The van der Waals surface area contributed by atoms with Gasteiger partial charge in [-0.05, 0) is 41.5 Å². The first-order valence-electron chi connectivity index (χ1n) is 10.8. The van der Waals surface area contributed by atoms with Gasteiger partial charge in [-0.25, -0.2) is 15.0 Å². The summed E-state index contributed by atoms with van der Waals surface area (Å²) in [4.78, 5) is 38.6. The number of aromatic nitrogens is 4. The Morgan fingerprint density at radius 1 is 0.909 bits per heavy atom. The van der Waals surface area contributed by atoms with Gasteiger partial charge in [0.1, 0.15) is 28.7 Å². The molecule has 2 aromatic heterocycles. The van der Waals surface area contributed by atoms with E-state index in [1.807, 2.05) is 26.8 Å². The molecule has 0 radical (unpaired) electrons. The fraction of sp³-hybridized carbons (Fsp3) is 0.458. The van der Waals surface area contributed by atoms with E-state index in [2.05, 4.69) is 15.0 Å². The number of aldehydes is 1. The van der Waals surface area contributed by atoms with Gasteiger partial charge in [-0.3, -0.25) is 9.36 Å². The Balaban J connectivity index is 1.70. The summed E-state index contributed by atoms with van der Waals surface area (Å²) >= 11 is 0. The SMILES string of the molecule is CC1(C)O[C@@]2(C)[C@@](C)(O1)[C@](C)(n1cnc3c(C(=O)c4ccccc4)ncnc31)O[C@]2(C)C=O. The van der Waals surface area contributed by atoms with Gasteiger partial charge >= 0.3 is 0 Å². The predicted molar refractivity (Wildman–Crippen MR) is 117 cm³/mol. The Bertz CT molecular complexity index is 1290. The second-order valence-corrected chi connectivity index (χ2v) is 9.68. The molecule has 1 aromatic carbocycles. The molecule has 0 saturated carbocycles. The van der Waals surface area contributed by atoms with Crippen LogP contribution < -0.4 is 0 Å². The lowest BCUT2D eigenvalue weighted by Crippen LogP contribution is -2.60. The van der Waals surface area contributed by atoms with Gasteiger partial charge in [-0.2, -0.15) is 0 Å². The Morgan fingerprint density at radius 3 is 2.24 bits per heavy atom. The Kier molecular flexibility index (Phi) is 4.31. The minimum Gasteiger partial charge on any atom is -0.338 e. The van der Waals surface area contributed by atoms with E-state index in [9.17, 15) is 9.59 Å². The number of hydrogen-bond donors (Lipinski definition) is 0. The van der Waals surface area contributed by atoms with Crippen LogP contribution in [0.4, 0.5) is 0 Å². The van der Waals surface area contributed by atoms with Crippen LogP contribution in [-0.2, 0) is 24.7 Å². The average Bonchev–Trinajstić information content (AvgIpc) is 3.34. The second-order valence-electron chi connectivity index (χ2n) is 9.68. The lowest BCUT2D eigenvalue weighted by atomic mass is 9.73. The number of nitrogens with zero attached hydrogens (tertiary/aromatic N) is 4. The zero-order valence-corrected chi connectivity index (χ0v) is 19.4. The number of carbonyl (C=O) groups is 2. The van der Waals surface area contributed by atoms with E-state index < -0.39 is 28.3 Å². The van der Waals surface area contributed by atoms with E-state index in [1.165, 1.54) is 12.7 Å². The largest absolute Gasteiger partial charge is 0.338 e. The van der Waals surface area contributed by atoms with Gasteiger partial charge in [0.25, 0.3) is 0 Å². The molecule has 33 heavy (non-hydrogen) atoms. The smallest absolute Gasteiger partial charge is 0.213 e. The van der Waals surface area contributed by atoms with Crippen LogP contribution >= 0.6 is 0 Å². The van der Waals surface area contributed by atoms with Crippen LogP contribution in [0.5, 0.6) is 0 Å². The molecule has 4 heterocycles. The molecule has 9 nitrogen and oxygen atoms in total. The highest BCUT2D eigenvalue weighted by Crippen LogP contribution is 2.63. The Morgan fingerprint density at radius 2 is 1.58 bits per heavy atom. The van der Waals surface area contributed by atoms with Crippen LogP contribution in [0.3, 0.4) is 0 Å². The molecule has 2 aliphatic heterocycles.